The third-order valence-corrected chi connectivity index (χ3v) is 3.03. The van der Waals surface area contributed by atoms with Crippen molar-refractivity contribution in [3.63, 3.8) is 0 Å². The molecule has 0 heterocycles. The van der Waals surface area contributed by atoms with Crippen LogP contribution in [0.3, 0.4) is 0 Å². The minimum absolute atomic E-state index is 0.0270. The molecular weight excluding hydrogens is 256 g/mol. The van der Waals surface area contributed by atoms with Crippen molar-refractivity contribution >= 4 is 5.91 Å². The molecule has 1 amide bonds. The van der Waals surface area contributed by atoms with E-state index in [1.54, 1.807) is 0 Å². The van der Waals surface area contributed by atoms with Gasteiger partial charge in [0, 0.05) is 19.8 Å². The first-order valence-electron chi connectivity index (χ1n) is 7.64. The zero-order valence-electron chi connectivity index (χ0n) is 13.4. The van der Waals surface area contributed by atoms with Gasteiger partial charge in [0.05, 0.1) is 6.61 Å². The number of amides is 1. The number of likely N-dealkylation sites (N-methyl/N-ethyl adjacent to an activating group) is 1. The standard InChI is InChI=1S/C15H32N2O3/c1-14(2)7-8-17(3)9-12-19-10-5-4-6-11-20-13-15(16)18/h14H,4-13H2,1-3H3,(H2,16,18). The summed E-state index contributed by atoms with van der Waals surface area (Å²) in [6.45, 7) is 8.85. The monoisotopic (exact) mass is 288 g/mol. The first-order chi connectivity index (χ1) is 9.52. The summed E-state index contributed by atoms with van der Waals surface area (Å²) in [5.74, 6) is 0.352. The van der Waals surface area contributed by atoms with E-state index in [-0.39, 0.29) is 6.61 Å². The maximum Gasteiger partial charge on any atom is 0.243 e. The Morgan fingerprint density at radius 2 is 1.70 bits per heavy atom. The first-order valence-corrected chi connectivity index (χ1v) is 7.64. The zero-order valence-corrected chi connectivity index (χ0v) is 13.4. The van der Waals surface area contributed by atoms with Crippen LogP contribution < -0.4 is 5.73 Å². The number of carbonyl (C=O) groups is 1. The van der Waals surface area contributed by atoms with Crippen LogP contribution >= 0.6 is 0 Å². The number of rotatable bonds is 14. The van der Waals surface area contributed by atoms with Gasteiger partial charge in [-0.25, -0.2) is 0 Å². The fourth-order valence-electron chi connectivity index (χ4n) is 1.67. The lowest BCUT2D eigenvalue weighted by Gasteiger charge is -2.17. The topological polar surface area (TPSA) is 64.8 Å². The number of primary amides is 1. The van der Waals surface area contributed by atoms with Crippen LogP contribution in [0.5, 0.6) is 0 Å². The van der Waals surface area contributed by atoms with Crippen LogP contribution in [0.1, 0.15) is 39.5 Å². The highest BCUT2D eigenvalue weighted by atomic mass is 16.5. The lowest BCUT2D eigenvalue weighted by Crippen LogP contribution is -2.25. The third kappa shape index (κ3) is 15.4. The lowest BCUT2D eigenvalue weighted by atomic mass is 10.1. The molecule has 20 heavy (non-hydrogen) atoms. The van der Waals surface area contributed by atoms with Crippen LogP contribution in [-0.2, 0) is 14.3 Å². The van der Waals surface area contributed by atoms with Crippen LogP contribution in [0.2, 0.25) is 0 Å². The normalized spacial score (nSPS) is 11.4. The highest BCUT2D eigenvalue weighted by Gasteiger charge is 2.00. The van der Waals surface area contributed by atoms with Crippen molar-refractivity contribution in [1.82, 2.24) is 4.90 Å². The van der Waals surface area contributed by atoms with Crippen molar-refractivity contribution in [1.29, 1.82) is 0 Å². The van der Waals surface area contributed by atoms with Crippen LogP contribution in [0.15, 0.2) is 0 Å². The molecular formula is C15H32N2O3. The second-order valence-corrected chi connectivity index (χ2v) is 5.68. The molecule has 0 radical (unpaired) electrons. The Labute approximate surface area is 123 Å². The number of unbranched alkanes of at least 4 members (excludes halogenated alkanes) is 2. The number of carbonyl (C=O) groups excluding carboxylic acids is 1. The second kappa shape index (κ2) is 13.3. The second-order valence-electron chi connectivity index (χ2n) is 5.68. The molecule has 5 nitrogen and oxygen atoms in total. The maximum atomic E-state index is 10.4. The maximum absolute atomic E-state index is 10.4. The van der Waals surface area contributed by atoms with Crippen molar-refractivity contribution in [3.05, 3.63) is 0 Å². The molecule has 0 aliphatic carbocycles. The smallest absolute Gasteiger partial charge is 0.243 e. The van der Waals surface area contributed by atoms with Gasteiger partial charge in [-0.05, 0) is 45.2 Å². The van der Waals surface area contributed by atoms with Crippen molar-refractivity contribution < 1.29 is 14.3 Å². The molecule has 0 rings (SSSR count). The fourth-order valence-corrected chi connectivity index (χ4v) is 1.67. The third-order valence-electron chi connectivity index (χ3n) is 3.03. The average molecular weight is 288 g/mol. The summed E-state index contributed by atoms with van der Waals surface area (Å²) in [5.41, 5.74) is 4.96. The molecule has 0 spiro atoms. The van der Waals surface area contributed by atoms with Crippen LogP contribution in [0.4, 0.5) is 0 Å². The Balaban J connectivity index is 3.14. The number of ether oxygens (including phenoxy) is 2. The summed E-state index contributed by atoms with van der Waals surface area (Å²) in [6.07, 6.45) is 4.28. The Hall–Kier alpha value is -0.650. The van der Waals surface area contributed by atoms with E-state index in [0.717, 1.165) is 51.5 Å². The van der Waals surface area contributed by atoms with Gasteiger partial charge in [0.1, 0.15) is 6.61 Å². The molecule has 0 fully saturated rings. The molecule has 0 unspecified atom stereocenters. The van der Waals surface area contributed by atoms with Gasteiger partial charge in [-0.3, -0.25) is 4.79 Å². The van der Waals surface area contributed by atoms with Crippen molar-refractivity contribution in [3.8, 4) is 0 Å². The van der Waals surface area contributed by atoms with E-state index in [2.05, 4.69) is 25.8 Å². The number of nitrogens with two attached hydrogens (primary N) is 1. The highest BCUT2D eigenvalue weighted by Crippen LogP contribution is 2.00. The van der Waals surface area contributed by atoms with E-state index >= 15 is 0 Å². The van der Waals surface area contributed by atoms with Gasteiger partial charge >= 0.3 is 0 Å². The zero-order chi connectivity index (χ0) is 15.2. The number of nitrogens with zero attached hydrogens (tertiary/aromatic N) is 1. The van der Waals surface area contributed by atoms with E-state index in [1.165, 1.54) is 6.42 Å². The van der Waals surface area contributed by atoms with Crippen LogP contribution in [0, 0.1) is 5.92 Å². The van der Waals surface area contributed by atoms with Gasteiger partial charge in [-0.15, -0.1) is 0 Å². The minimum Gasteiger partial charge on any atom is -0.380 e. The van der Waals surface area contributed by atoms with E-state index < -0.39 is 5.91 Å². The Kier molecular flexibility index (Phi) is 12.9. The van der Waals surface area contributed by atoms with Gasteiger partial charge in [-0.2, -0.15) is 0 Å². The van der Waals surface area contributed by atoms with Gasteiger partial charge < -0.3 is 20.1 Å². The summed E-state index contributed by atoms with van der Waals surface area (Å²) in [7, 11) is 2.14. The van der Waals surface area contributed by atoms with E-state index in [4.69, 9.17) is 15.2 Å². The fraction of sp³-hybridized carbons (Fsp3) is 0.933. The molecule has 0 aliphatic rings. The van der Waals surface area contributed by atoms with Crippen molar-refractivity contribution in [2.45, 2.75) is 39.5 Å². The number of hydrogen-bond acceptors (Lipinski definition) is 4. The SMILES string of the molecule is CC(C)CCN(C)CCOCCCCCOCC(N)=O. The Bertz CT molecular complexity index is 235. The highest BCUT2D eigenvalue weighted by molar-refractivity contribution is 5.74. The Morgan fingerprint density at radius 3 is 2.30 bits per heavy atom. The molecule has 0 aromatic carbocycles. The predicted octanol–water partition coefficient (Wildman–Crippen LogP) is 1.65. The van der Waals surface area contributed by atoms with E-state index in [0.29, 0.717) is 6.61 Å². The lowest BCUT2D eigenvalue weighted by molar-refractivity contribution is -0.122. The molecule has 0 aromatic heterocycles. The van der Waals surface area contributed by atoms with E-state index in [9.17, 15) is 4.79 Å². The number of hydrogen-bond donors (Lipinski definition) is 1. The molecule has 0 aromatic rings. The summed E-state index contributed by atoms with van der Waals surface area (Å²) in [4.78, 5) is 12.7. The average Bonchev–Trinajstić information content (AvgIpc) is 2.38. The first kappa shape index (κ1) is 19.4. The minimum atomic E-state index is -0.407. The molecule has 0 bridgehead atoms. The van der Waals surface area contributed by atoms with Crippen LogP contribution in [-0.4, -0.2) is 57.4 Å². The van der Waals surface area contributed by atoms with E-state index in [1.807, 2.05) is 0 Å². The summed E-state index contributed by atoms with van der Waals surface area (Å²) >= 11 is 0. The molecule has 0 atom stereocenters. The van der Waals surface area contributed by atoms with Crippen molar-refractivity contribution in [2.75, 3.05) is 46.6 Å². The van der Waals surface area contributed by atoms with Gasteiger partial charge in [0.25, 0.3) is 0 Å². The predicted molar refractivity (Wildman–Crippen MR) is 81.6 cm³/mol. The van der Waals surface area contributed by atoms with Crippen molar-refractivity contribution in [2.24, 2.45) is 11.7 Å². The summed E-state index contributed by atoms with van der Waals surface area (Å²) < 4.78 is 10.7. The van der Waals surface area contributed by atoms with Crippen LogP contribution in [0.25, 0.3) is 0 Å². The molecule has 5 heteroatoms. The summed E-state index contributed by atoms with van der Waals surface area (Å²) in [5, 5.41) is 0. The Morgan fingerprint density at radius 1 is 1.05 bits per heavy atom. The summed E-state index contributed by atoms with van der Waals surface area (Å²) in [6, 6.07) is 0. The van der Waals surface area contributed by atoms with Gasteiger partial charge in [-0.1, -0.05) is 13.8 Å². The molecule has 0 aliphatic heterocycles. The largest absolute Gasteiger partial charge is 0.380 e. The molecule has 120 valence electrons. The van der Waals surface area contributed by atoms with Gasteiger partial charge in [0.15, 0.2) is 0 Å². The molecule has 0 saturated carbocycles. The molecule has 0 saturated heterocycles. The quantitative estimate of drug-likeness (QED) is 0.494. The van der Waals surface area contributed by atoms with Gasteiger partial charge in [0.2, 0.25) is 5.91 Å². The molecule has 2 N–H and O–H groups in total.